The predicted octanol–water partition coefficient (Wildman–Crippen LogP) is 4.47. The zero-order chi connectivity index (χ0) is 16.9. The van der Waals surface area contributed by atoms with Crippen LogP contribution in [0.3, 0.4) is 0 Å². The molecule has 0 aliphatic carbocycles. The molecule has 1 aromatic rings. The Morgan fingerprint density at radius 1 is 0.609 bits per heavy atom. The van der Waals surface area contributed by atoms with Gasteiger partial charge in [0.2, 0.25) is 5.95 Å². The first-order valence-corrected chi connectivity index (χ1v) is 9.32. The number of aromatic nitrogens is 2. The number of hydrogen-bond acceptors (Lipinski definition) is 5. The number of anilines is 3. The van der Waals surface area contributed by atoms with Gasteiger partial charge in [-0.05, 0) is 12.8 Å². The van der Waals surface area contributed by atoms with Crippen LogP contribution in [0.4, 0.5) is 17.6 Å². The molecule has 1 rings (SSSR count). The molecule has 0 saturated heterocycles. The van der Waals surface area contributed by atoms with Crippen molar-refractivity contribution in [3.8, 4) is 0 Å². The number of nitrogens with zero attached hydrogens (tertiary/aromatic N) is 2. The van der Waals surface area contributed by atoms with Crippen molar-refractivity contribution in [2.24, 2.45) is 0 Å². The molecule has 0 fully saturated rings. The normalized spacial score (nSPS) is 11.0. The number of rotatable bonds is 13. The van der Waals surface area contributed by atoms with Crippen LogP contribution >= 0.6 is 0 Å². The zero-order valence-corrected chi connectivity index (χ0v) is 14.8. The lowest BCUT2D eigenvalue weighted by Gasteiger charge is -2.08. The van der Waals surface area contributed by atoms with Crippen molar-refractivity contribution < 1.29 is 0 Å². The van der Waals surface area contributed by atoms with Crippen LogP contribution in [0.15, 0.2) is 0 Å². The second-order valence-corrected chi connectivity index (χ2v) is 6.47. The van der Waals surface area contributed by atoms with E-state index in [4.69, 9.17) is 17.2 Å². The first-order valence-electron chi connectivity index (χ1n) is 9.32. The summed E-state index contributed by atoms with van der Waals surface area (Å²) in [6.07, 6.45) is 16.9. The Labute approximate surface area is 141 Å². The van der Waals surface area contributed by atoms with E-state index in [0.29, 0.717) is 11.6 Å². The van der Waals surface area contributed by atoms with Crippen LogP contribution in [0.2, 0.25) is 0 Å². The topological polar surface area (TPSA) is 104 Å². The maximum Gasteiger partial charge on any atom is 0.223 e. The average molecular weight is 322 g/mol. The SMILES string of the molecule is CCCCCCCCCCCCCCc1c(N)nc(N)nc1N. The van der Waals surface area contributed by atoms with E-state index in [0.717, 1.165) is 18.4 Å². The summed E-state index contributed by atoms with van der Waals surface area (Å²) in [6.45, 7) is 2.27. The maximum absolute atomic E-state index is 5.85. The third-order valence-corrected chi connectivity index (χ3v) is 4.37. The van der Waals surface area contributed by atoms with Gasteiger partial charge < -0.3 is 17.2 Å². The van der Waals surface area contributed by atoms with Crippen LogP contribution in [0, 0.1) is 0 Å². The minimum Gasteiger partial charge on any atom is -0.383 e. The van der Waals surface area contributed by atoms with Gasteiger partial charge in [-0.3, -0.25) is 0 Å². The number of unbranched alkanes of at least 4 members (excludes halogenated alkanes) is 11. The lowest BCUT2D eigenvalue weighted by atomic mass is 10.0. The second-order valence-electron chi connectivity index (χ2n) is 6.47. The minimum atomic E-state index is 0.151. The maximum atomic E-state index is 5.85. The Morgan fingerprint density at radius 3 is 1.43 bits per heavy atom. The van der Waals surface area contributed by atoms with E-state index < -0.39 is 0 Å². The van der Waals surface area contributed by atoms with Crippen molar-refractivity contribution in [1.29, 1.82) is 0 Å². The van der Waals surface area contributed by atoms with E-state index in [1.807, 2.05) is 0 Å². The molecule has 5 heteroatoms. The first-order chi connectivity index (χ1) is 11.1. The fourth-order valence-corrected chi connectivity index (χ4v) is 2.94. The highest BCUT2D eigenvalue weighted by Gasteiger charge is 2.08. The third kappa shape index (κ3) is 8.62. The molecule has 0 aliphatic heterocycles. The standard InChI is InChI=1S/C18H35N5/c1-2-3-4-5-6-7-8-9-10-11-12-13-14-15-16(19)22-18(21)23-17(15)20/h2-14H2,1H3,(H6,19,20,21,22,23). The van der Waals surface area contributed by atoms with Crippen molar-refractivity contribution in [2.45, 2.75) is 90.4 Å². The van der Waals surface area contributed by atoms with Gasteiger partial charge in [-0.25, -0.2) is 0 Å². The van der Waals surface area contributed by atoms with E-state index in [1.165, 1.54) is 70.6 Å². The Hall–Kier alpha value is -1.52. The largest absolute Gasteiger partial charge is 0.383 e. The van der Waals surface area contributed by atoms with Crippen LogP contribution < -0.4 is 17.2 Å². The predicted molar refractivity (Wildman–Crippen MR) is 100 cm³/mol. The van der Waals surface area contributed by atoms with E-state index in [2.05, 4.69) is 16.9 Å². The number of nitrogens with two attached hydrogens (primary N) is 3. The Bertz CT molecular complexity index is 410. The van der Waals surface area contributed by atoms with Gasteiger partial charge in [0.1, 0.15) is 11.6 Å². The quantitative estimate of drug-likeness (QED) is 0.465. The van der Waals surface area contributed by atoms with Gasteiger partial charge in [0.15, 0.2) is 0 Å². The summed E-state index contributed by atoms with van der Waals surface area (Å²) >= 11 is 0. The van der Waals surface area contributed by atoms with Gasteiger partial charge in [-0.1, -0.05) is 77.6 Å². The van der Waals surface area contributed by atoms with Crippen molar-refractivity contribution in [1.82, 2.24) is 9.97 Å². The molecule has 0 aromatic carbocycles. The summed E-state index contributed by atoms with van der Waals surface area (Å²) in [5.41, 5.74) is 18.1. The van der Waals surface area contributed by atoms with Gasteiger partial charge in [0.25, 0.3) is 0 Å². The first kappa shape index (κ1) is 19.5. The molecule has 0 aliphatic rings. The highest BCUT2D eigenvalue weighted by Crippen LogP contribution is 2.20. The summed E-state index contributed by atoms with van der Waals surface area (Å²) in [6, 6.07) is 0. The Kier molecular flexibility index (Phi) is 10.2. The van der Waals surface area contributed by atoms with Gasteiger partial charge in [0.05, 0.1) is 0 Å². The van der Waals surface area contributed by atoms with Crippen LogP contribution in [-0.4, -0.2) is 9.97 Å². The molecule has 0 unspecified atom stereocenters. The monoisotopic (exact) mass is 321 g/mol. The molecular formula is C18H35N5. The van der Waals surface area contributed by atoms with E-state index in [1.54, 1.807) is 0 Å². The highest BCUT2D eigenvalue weighted by atomic mass is 15.1. The molecular weight excluding hydrogens is 286 g/mol. The van der Waals surface area contributed by atoms with E-state index >= 15 is 0 Å². The molecule has 1 heterocycles. The summed E-state index contributed by atoms with van der Waals surface area (Å²) in [7, 11) is 0. The minimum absolute atomic E-state index is 0.151. The molecule has 0 radical (unpaired) electrons. The average Bonchev–Trinajstić information content (AvgIpc) is 2.50. The van der Waals surface area contributed by atoms with Gasteiger partial charge in [0, 0.05) is 5.56 Å². The summed E-state index contributed by atoms with van der Waals surface area (Å²) < 4.78 is 0. The molecule has 0 amide bonds. The number of nitrogen functional groups attached to an aromatic ring is 3. The Balaban J connectivity index is 1.98. The van der Waals surface area contributed by atoms with E-state index in [-0.39, 0.29) is 5.95 Å². The van der Waals surface area contributed by atoms with Gasteiger partial charge >= 0.3 is 0 Å². The molecule has 1 aromatic heterocycles. The molecule has 0 saturated carbocycles. The third-order valence-electron chi connectivity index (χ3n) is 4.37. The second kappa shape index (κ2) is 12.0. The fraction of sp³-hybridized carbons (Fsp3) is 0.778. The highest BCUT2D eigenvalue weighted by molar-refractivity contribution is 5.55. The van der Waals surface area contributed by atoms with Crippen molar-refractivity contribution in [2.75, 3.05) is 17.2 Å². The summed E-state index contributed by atoms with van der Waals surface area (Å²) in [5.74, 6) is 1.01. The van der Waals surface area contributed by atoms with Crippen molar-refractivity contribution >= 4 is 17.6 Å². The molecule has 0 atom stereocenters. The van der Waals surface area contributed by atoms with Crippen LogP contribution in [0.25, 0.3) is 0 Å². The van der Waals surface area contributed by atoms with E-state index in [9.17, 15) is 0 Å². The molecule has 6 N–H and O–H groups in total. The summed E-state index contributed by atoms with van der Waals surface area (Å²) in [4.78, 5) is 7.95. The summed E-state index contributed by atoms with van der Waals surface area (Å²) in [5, 5.41) is 0. The van der Waals surface area contributed by atoms with Crippen molar-refractivity contribution in [3.63, 3.8) is 0 Å². The molecule has 0 spiro atoms. The van der Waals surface area contributed by atoms with Crippen LogP contribution in [0.1, 0.15) is 89.5 Å². The van der Waals surface area contributed by atoms with Crippen LogP contribution in [0.5, 0.6) is 0 Å². The van der Waals surface area contributed by atoms with Gasteiger partial charge in [-0.15, -0.1) is 0 Å². The van der Waals surface area contributed by atoms with Crippen LogP contribution in [-0.2, 0) is 6.42 Å². The van der Waals surface area contributed by atoms with Gasteiger partial charge in [-0.2, -0.15) is 9.97 Å². The molecule has 132 valence electrons. The fourth-order valence-electron chi connectivity index (χ4n) is 2.94. The molecule has 5 nitrogen and oxygen atoms in total. The Morgan fingerprint density at radius 2 is 1.00 bits per heavy atom. The zero-order valence-electron chi connectivity index (χ0n) is 14.8. The smallest absolute Gasteiger partial charge is 0.223 e. The lowest BCUT2D eigenvalue weighted by molar-refractivity contribution is 0.544. The van der Waals surface area contributed by atoms with Crippen molar-refractivity contribution in [3.05, 3.63) is 5.56 Å². The lowest BCUT2D eigenvalue weighted by Crippen LogP contribution is -2.08. The molecule has 0 bridgehead atoms. The number of hydrogen-bond donors (Lipinski definition) is 3. The molecule has 23 heavy (non-hydrogen) atoms.